The molecule has 0 radical (unpaired) electrons. The van der Waals surface area contributed by atoms with Gasteiger partial charge in [-0.25, -0.2) is 4.79 Å². The van der Waals surface area contributed by atoms with Crippen LogP contribution >= 0.6 is 0 Å². The Kier molecular flexibility index (Phi) is 4.01. The third-order valence-corrected chi connectivity index (χ3v) is 3.55. The number of nitro benzene ring substituents is 1. The molecule has 0 aromatic heterocycles. The van der Waals surface area contributed by atoms with Gasteiger partial charge in [-0.15, -0.1) is 0 Å². The number of rotatable bonds is 4. The predicted molar refractivity (Wildman–Crippen MR) is 86.2 cm³/mol. The zero-order valence-electron chi connectivity index (χ0n) is 12.1. The highest BCUT2D eigenvalue weighted by Gasteiger charge is 2.11. The molecule has 23 heavy (non-hydrogen) atoms. The van der Waals surface area contributed by atoms with Crippen LogP contribution in [0.2, 0.25) is 0 Å². The second-order valence-corrected chi connectivity index (χ2v) is 5.02. The SMILES string of the molecule is O=C(OCc1cccc2ccccc12)c1ccc([N+](=O)[O-])cc1. The van der Waals surface area contributed by atoms with Crippen molar-refractivity contribution in [2.24, 2.45) is 0 Å². The normalized spacial score (nSPS) is 10.4. The summed E-state index contributed by atoms with van der Waals surface area (Å²) in [5, 5.41) is 12.7. The molecule has 0 bridgehead atoms. The van der Waals surface area contributed by atoms with Crippen molar-refractivity contribution in [2.75, 3.05) is 0 Å². The maximum atomic E-state index is 12.0. The molecule has 5 nitrogen and oxygen atoms in total. The summed E-state index contributed by atoms with van der Waals surface area (Å²) in [6.45, 7) is 0.150. The minimum Gasteiger partial charge on any atom is -0.457 e. The molecule has 0 fully saturated rings. The van der Waals surface area contributed by atoms with Crippen molar-refractivity contribution in [3.8, 4) is 0 Å². The molecule has 0 saturated carbocycles. The van der Waals surface area contributed by atoms with E-state index in [2.05, 4.69) is 0 Å². The van der Waals surface area contributed by atoms with Crippen LogP contribution in [0.15, 0.2) is 66.7 Å². The first kappa shape index (κ1) is 14.7. The average molecular weight is 307 g/mol. The number of benzene rings is 3. The fourth-order valence-electron chi connectivity index (χ4n) is 2.36. The van der Waals surface area contributed by atoms with Crippen LogP contribution in [0, 0.1) is 10.1 Å². The number of non-ortho nitro benzene ring substituents is 1. The summed E-state index contributed by atoms with van der Waals surface area (Å²) in [5.41, 5.74) is 1.14. The second-order valence-electron chi connectivity index (χ2n) is 5.02. The van der Waals surface area contributed by atoms with Crippen molar-refractivity contribution < 1.29 is 14.5 Å². The lowest BCUT2D eigenvalue weighted by molar-refractivity contribution is -0.384. The molecule has 0 aliphatic heterocycles. The largest absolute Gasteiger partial charge is 0.457 e. The molecule has 114 valence electrons. The lowest BCUT2D eigenvalue weighted by Gasteiger charge is -2.08. The summed E-state index contributed by atoms with van der Waals surface area (Å²) in [7, 11) is 0. The lowest BCUT2D eigenvalue weighted by atomic mass is 10.1. The van der Waals surface area contributed by atoms with Gasteiger partial charge in [0.2, 0.25) is 0 Å². The number of hydrogen-bond donors (Lipinski definition) is 0. The van der Waals surface area contributed by atoms with Gasteiger partial charge in [-0.1, -0.05) is 42.5 Å². The minimum absolute atomic E-state index is 0.0596. The number of fused-ring (bicyclic) bond motifs is 1. The minimum atomic E-state index is -0.509. The molecule has 0 unspecified atom stereocenters. The molecule has 0 aliphatic carbocycles. The highest BCUT2D eigenvalue weighted by molar-refractivity contribution is 5.90. The lowest BCUT2D eigenvalue weighted by Crippen LogP contribution is -2.05. The summed E-state index contributed by atoms with van der Waals surface area (Å²) in [6.07, 6.45) is 0. The first-order chi connectivity index (χ1) is 11.1. The monoisotopic (exact) mass is 307 g/mol. The van der Waals surface area contributed by atoms with Gasteiger partial charge in [0.05, 0.1) is 10.5 Å². The van der Waals surface area contributed by atoms with Gasteiger partial charge in [-0.2, -0.15) is 0 Å². The molecule has 0 aliphatic rings. The number of nitro groups is 1. The van der Waals surface area contributed by atoms with Gasteiger partial charge in [0, 0.05) is 12.1 Å². The van der Waals surface area contributed by atoms with E-state index < -0.39 is 10.9 Å². The molecule has 0 N–H and O–H groups in total. The third kappa shape index (κ3) is 3.18. The number of carbonyl (C=O) groups is 1. The third-order valence-electron chi connectivity index (χ3n) is 3.55. The Hall–Kier alpha value is -3.21. The molecule has 0 atom stereocenters. The van der Waals surface area contributed by atoms with Crippen molar-refractivity contribution in [1.29, 1.82) is 0 Å². The standard InChI is InChI=1S/C18H13NO4/c20-18(14-8-10-16(11-9-14)19(21)22)23-12-15-6-3-5-13-4-1-2-7-17(13)15/h1-11H,12H2. The van der Waals surface area contributed by atoms with Crippen LogP contribution in [-0.4, -0.2) is 10.9 Å². The Morgan fingerprint density at radius 2 is 1.65 bits per heavy atom. The van der Waals surface area contributed by atoms with Gasteiger partial charge in [-0.05, 0) is 28.5 Å². The fraction of sp³-hybridized carbons (Fsp3) is 0.0556. The van der Waals surface area contributed by atoms with Gasteiger partial charge in [0.1, 0.15) is 6.61 Å². The highest BCUT2D eigenvalue weighted by Crippen LogP contribution is 2.20. The van der Waals surface area contributed by atoms with E-state index in [-0.39, 0.29) is 17.9 Å². The molecular weight excluding hydrogens is 294 g/mol. The van der Waals surface area contributed by atoms with E-state index in [9.17, 15) is 14.9 Å². The Bertz CT molecular complexity index is 866. The van der Waals surface area contributed by atoms with Crippen LogP contribution in [0.25, 0.3) is 10.8 Å². The molecule has 3 aromatic carbocycles. The molecule has 0 heterocycles. The summed E-state index contributed by atoms with van der Waals surface area (Å²) < 4.78 is 5.31. The topological polar surface area (TPSA) is 69.4 Å². The van der Waals surface area contributed by atoms with E-state index in [4.69, 9.17) is 4.74 Å². The van der Waals surface area contributed by atoms with Gasteiger partial charge in [0.25, 0.3) is 5.69 Å². The Balaban J connectivity index is 1.74. The number of nitrogens with zero attached hydrogens (tertiary/aromatic N) is 1. The van der Waals surface area contributed by atoms with E-state index in [1.807, 2.05) is 42.5 Å². The Morgan fingerprint density at radius 1 is 0.957 bits per heavy atom. The second kappa shape index (κ2) is 6.27. The number of ether oxygens (including phenoxy) is 1. The van der Waals surface area contributed by atoms with E-state index in [0.29, 0.717) is 0 Å². The van der Waals surface area contributed by atoms with Crippen molar-refractivity contribution in [3.05, 3.63) is 88.0 Å². The van der Waals surface area contributed by atoms with Crippen molar-refractivity contribution >= 4 is 22.4 Å². The van der Waals surface area contributed by atoms with Crippen LogP contribution < -0.4 is 0 Å². The van der Waals surface area contributed by atoms with E-state index in [1.54, 1.807) is 0 Å². The Labute approximate surface area is 132 Å². The molecule has 0 spiro atoms. The maximum Gasteiger partial charge on any atom is 0.338 e. The molecule has 3 rings (SSSR count). The molecule has 3 aromatic rings. The first-order valence-corrected chi connectivity index (χ1v) is 7.03. The molecule has 0 amide bonds. The Morgan fingerprint density at radius 3 is 2.39 bits per heavy atom. The molecule has 0 saturated heterocycles. The highest BCUT2D eigenvalue weighted by atomic mass is 16.6. The summed E-state index contributed by atoms with van der Waals surface area (Å²) in [4.78, 5) is 22.1. The van der Waals surface area contributed by atoms with E-state index >= 15 is 0 Å². The fourth-order valence-corrected chi connectivity index (χ4v) is 2.36. The van der Waals surface area contributed by atoms with Gasteiger partial charge < -0.3 is 4.74 Å². The van der Waals surface area contributed by atoms with Crippen LogP contribution in [-0.2, 0) is 11.3 Å². The summed E-state index contributed by atoms with van der Waals surface area (Å²) in [5.74, 6) is -0.507. The molecular formula is C18H13NO4. The van der Waals surface area contributed by atoms with Gasteiger partial charge in [0.15, 0.2) is 0 Å². The average Bonchev–Trinajstić information content (AvgIpc) is 2.59. The van der Waals surface area contributed by atoms with E-state index in [0.717, 1.165) is 16.3 Å². The van der Waals surface area contributed by atoms with Crippen molar-refractivity contribution in [2.45, 2.75) is 6.61 Å². The van der Waals surface area contributed by atoms with Crippen molar-refractivity contribution in [1.82, 2.24) is 0 Å². The predicted octanol–water partition coefficient (Wildman–Crippen LogP) is 4.11. The zero-order chi connectivity index (χ0) is 16.2. The first-order valence-electron chi connectivity index (χ1n) is 7.03. The van der Waals surface area contributed by atoms with E-state index in [1.165, 1.54) is 24.3 Å². The van der Waals surface area contributed by atoms with Gasteiger partial charge in [-0.3, -0.25) is 10.1 Å². The van der Waals surface area contributed by atoms with Crippen LogP contribution in [0.1, 0.15) is 15.9 Å². The van der Waals surface area contributed by atoms with Crippen LogP contribution in [0.4, 0.5) is 5.69 Å². The summed E-state index contributed by atoms with van der Waals surface area (Å²) >= 11 is 0. The maximum absolute atomic E-state index is 12.0. The number of hydrogen-bond acceptors (Lipinski definition) is 4. The number of carbonyl (C=O) groups excluding carboxylic acids is 1. The smallest absolute Gasteiger partial charge is 0.338 e. The van der Waals surface area contributed by atoms with Crippen molar-refractivity contribution in [3.63, 3.8) is 0 Å². The van der Waals surface area contributed by atoms with Crippen LogP contribution in [0.3, 0.4) is 0 Å². The number of esters is 1. The zero-order valence-corrected chi connectivity index (χ0v) is 12.1. The summed E-state index contributed by atoms with van der Waals surface area (Å²) in [6, 6.07) is 19.0. The van der Waals surface area contributed by atoms with Gasteiger partial charge >= 0.3 is 5.97 Å². The van der Waals surface area contributed by atoms with Crippen LogP contribution in [0.5, 0.6) is 0 Å². The molecule has 5 heteroatoms. The quantitative estimate of drug-likeness (QED) is 0.413.